The van der Waals surface area contributed by atoms with Crippen LogP contribution in [0.1, 0.15) is 33.6 Å². The first-order valence-corrected chi connectivity index (χ1v) is 4.42. The molecule has 0 saturated carbocycles. The second kappa shape index (κ2) is 3.40. The summed E-state index contributed by atoms with van der Waals surface area (Å²) in [5.74, 6) is -1.08. The van der Waals surface area contributed by atoms with Crippen molar-refractivity contribution in [1.82, 2.24) is 5.01 Å². The van der Waals surface area contributed by atoms with Gasteiger partial charge in [0.1, 0.15) is 0 Å². The minimum atomic E-state index is -0.952. The first-order chi connectivity index (χ1) is 6.30. The van der Waals surface area contributed by atoms with Gasteiger partial charge in [-0.3, -0.25) is 9.59 Å². The Balaban J connectivity index is 2.77. The third-order valence-electron chi connectivity index (χ3n) is 1.82. The van der Waals surface area contributed by atoms with Crippen LogP contribution < -0.4 is 0 Å². The molecule has 1 N–H and O–H groups in total. The second-order valence-electron chi connectivity index (χ2n) is 4.29. The molecule has 5 heteroatoms. The molecule has 0 atom stereocenters. The molecule has 0 aliphatic carbocycles. The third-order valence-corrected chi connectivity index (χ3v) is 1.82. The molecule has 1 rings (SSSR count). The number of aliphatic carboxylic acids is 1. The summed E-state index contributed by atoms with van der Waals surface area (Å²) >= 11 is 0. The SMILES string of the molecule is CC(C)(C)N1N=C(CC(=O)O)CC1=O. The monoisotopic (exact) mass is 198 g/mol. The van der Waals surface area contributed by atoms with Crippen molar-refractivity contribution in [3.8, 4) is 0 Å². The van der Waals surface area contributed by atoms with E-state index >= 15 is 0 Å². The van der Waals surface area contributed by atoms with Crippen LogP contribution in [-0.2, 0) is 9.59 Å². The predicted molar refractivity (Wildman–Crippen MR) is 50.9 cm³/mol. The maximum absolute atomic E-state index is 11.4. The molecule has 5 nitrogen and oxygen atoms in total. The summed E-state index contributed by atoms with van der Waals surface area (Å²) in [6.07, 6.45) is -0.0259. The van der Waals surface area contributed by atoms with Gasteiger partial charge in [-0.15, -0.1) is 0 Å². The van der Waals surface area contributed by atoms with Crippen molar-refractivity contribution in [3.05, 3.63) is 0 Å². The highest BCUT2D eigenvalue weighted by Gasteiger charge is 2.32. The van der Waals surface area contributed by atoms with Gasteiger partial charge in [-0.05, 0) is 20.8 Å². The highest BCUT2D eigenvalue weighted by molar-refractivity contribution is 6.10. The van der Waals surface area contributed by atoms with E-state index < -0.39 is 5.97 Å². The maximum atomic E-state index is 11.4. The smallest absolute Gasteiger partial charge is 0.309 e. The average molecular weight is 198 g/mol. The maximum Gasteiger partial charge on any atom is 0.309 e. The Labute approximate surface area is 82.4 Å². The van der Waals surface area contributed by atoms with Gasteiger partial charge in [-0.1, -0.05) is 0 Å². The highest BCUT2D eigenvalue weighted by Crippen LogP contribution is 2.21. The van der Waals surface area contributed by atoms with Crippen LogP contribution in [-0.4, -0.2) is 33.2 Å². The van der Waals surface area contributed by atoms with Crippen molar-refractivity contribution < 1.29 is 14.7 Å². The van der Waals surface area contributed by atoms with Gasteiger partial charge in [0.05, 0.1) is 24.1 Å². The molecule has 0 bridgehead atoms. The van der Waals surface area contributed by atoms with Crippen molar-refractivity contribution in [1.29, 1.82) is 0 Å². The number of hydrogen-bond acceptors (Lipinski definition) is 3. The number of amides is 1. The Morgan fingerprint density at radius 2 is 2.14 bits per heavy atom. The molecule has 0 aromatic heterocycles. The van der Waals surface area contributed by atoms with E-state index in [4.69, 9.17) is 5.11 Å². The average Bonchev–Trinajstić information content (AvgIpc) is 2.27. The van der Waals surface area contributed by atoms with Crippen LogP contribution in [0.5, 0.6) is 0 Å². The fourth-order valence-electron chi connectivity index (χ4n) is 1.28. The molecule has 14 heavy (non-hydrogen) atoms. The molecule has 1 amide bonds. The molecular weight excluding hydrogens is 184 g/mol. The molecule has 0 unspecified atom stereocenters. The van der Waals surface area contributed by atoms with Crippen molar-refractivity contribution in [2.75, 3.05) is 0 Å². The van der Waals surface area contributed by atoms with Gasteiger partial charge in [0, 0.05) is 0 Å². The molecule has 0 aromatic rings. The summed E-state index contributed by atoms with van der Waals surface area (Å²) in [7, 11) is 0. The van der Waals surface area contributed by atoms with Crippen LogP contribution in [0.4, 0.5) is 0 Å². The van der Waals surface area contributed by atoms with Gasteiger partial charge in [0.25, 0.3) is 0 Å². The first-order valence-electron chi connectivity index (χ1n) is 4.42. The van der Waals surface area contributed by atoms with Crippen LogP contribution in [0.25, 0.3) is 0 Å². The predicted octanol–water partition coefficient (Wildman–Crippen LogP) is 0.848. The summed E-state index contributed by atoms with van der Waals surface area (Å²) in [6, 6.07) is 0. The van der Waals surface area contributed by atoms with E-state index in [1.165, 1.54) is 5.01 Å². The second-order valence-corrected chi connectivity index (χ2v) is 4.29. The number of carbonyl (C=O) groups excluding carboxylic acids is 1. The summed E-state index contributed by atoms with van der Waals surface area (Å²) in [5, 5.41) is 13.9. The summed E-state index contributed by atoms with van der Waals surface area (Å²) in [6.45, 7) is 5.58. The Bertz CT molecular complexity index is 302. The summed E-state index contributed by atoms with van der Waals surface area (Å²) in [5.41, 5.74) is 0.0505. The van der Waals surface area contributed by atoms with Crippen molar-refractivity contribution in [2.45, 2.75) is 39.2 Å². The Hall–Kier alpha value is -1.39. The zero-order valence-corrected chi connectivity index (χ0v) is 8.57. The fraction of sp³-hybridized carbons (Fsp3) is 0.667. The van der Waals surface area contributed by atoms with Crippen molar-refractivity contribution in [3.63, 3.8) is 0 Å². The minimum absolute atomic E-state index is 0.129. The van der Waals surface area contributed by atoms with Crippen molar-refractivity contribution >= 4 is 17.6 Å². The van der Waals surface area contributed by atoms with E-state index in [9.17, 15) is 9.59 Å². The van der Waals surface area contributed by atoms with Crippen LogP contribution in [0, 0.1) is 0 Å². The third kappa shape index (κ3) is 2.31. The minimum Gasteiger partial charge on any atom is -0.481 e. The molecule has 0 aromatic carbocycles. The normalized spacial score (nSPS) is 17.2. The van der Waals surface area contributed by atoms with Gasteiger partial charge in [0.15, 0.2) is 0 Å². The largest absolute Gasteiger partial charge is 0.481 e. The van der Waals surface area contributed by atoms with Crippen LogP contribution in [0.3, 0.4) is 0 Å². The van der Waals surface area contributed by atoms with Gasteiger partial charge in [0.2, 0.25) is 5.91 Å². The number of carbonyl (C=O) groups is 2. The molecule has 0 radical (unpaired) electrons. The van der Waals surface area contributed by atoms with Gasteiger partial charge < -0.3 is 5.11 Å². The molecule has 1 heterocycles. The Morgan fingerprint density at radius 3 is 2.50 bits per heavy atom. The van der Waals surface area contributed by atoms with E-state index in [1.807, 2.05) is 20.8 Å². The van der Waals surface area contributed by atoms with Gasteiger partial charge in [-0.2, -0.15) is 5.10 Å². The zero-order valence-electron chi connectivity index (χ0n) is 8.57. The van der Waals surface area contributed by atoms with E-state index in [0.29, 0.717) is 5.71 Å². The number of hydrazone groups is 1. The summed E-state index contributed by atoms with van der Waals surface area (Å²) in [4.78, 5) is 21.8. The lowest BCUT2D eigenvalue weighted by molar-refractivity contribution is -0.135. The van der Waals surface area contributed by atoms with E-state index in [2.05, 4.69) is 5.10 Å². The quantitative estimate of drug-likeness (QED) is 0.715. The molecule has 0 fully saturated rings. The van der Waals surface area contributed by atoms with Crippen molar-refractivity contribution in [2.24, 2.45) is 5.10 Å². The lowest BCUT2D eigenvalue weighted by Crippen LogP contribution is -2.38. The van der Waals surface area contributed by atoms with Crippen LogP contribution >= 0.6 is 0 Å². The standard InChI is InChI=1S/C9H14N2O3/c1-9(2,3)11-7(12)4-6(10-11)5-8(13)14/h4-5H2,1-3H3,(H,13,14). The molecular formula is C9H14N2O3. The van der Waals surface area contributed by atoms with E-state index in [-0.39, 0.29) is 24.3 Å². The topological polar surface area (TPSA) is 70.0 Å². The fourth-order valence-corrected chi connectivity index (χ4v) is 1.28. The number of hydrogen-bond donors (Lipinski definition) is 1. The van der Waals surface area contributed by atoms with Crippen LogP contribution in [0.2, 0.25) is 0 Å². The molecule has 78 valence electrons. The van der Waals surface area contributed by atoms with E-state index in [1.54, 1.807) is 0 Å². The first kappa shape index (κ1) is 10.7. The van der Waals surface area contributed by atoms with Gasteiger partial charge >= 0.3 is 5.97 Å². The lowest BCUT2D eigenvalue weighted by Gasteiger charge is -2.27. The highest BCUT2D eigenvalue weighted by atomic mass is 16.4. The van der Waals surface area contributed by atoms with E-state index in [0.717, 1.165) is 0 Å². The molecule has 0 spiro atoms. The summed E-state index contributed by atoms with van der Waals surface area (Å²) < 4.78 is 0. The molecule has 1 aliphatic rings. The Morgan fingerprint density at radius 1 is 1.57 bits per heavy atom. The zero-order chi connectivity index (χ0) is 10.9. The molecule has 0 saturated heterocycles. The lowest BCUT2D eigenvalue weighted by atomic mass is 10.1. The number of nitrogens with zero attached hydrogens (tertiary/aromatic N) is 2. The molecule has 1 aliphatic heterocycles. The van der Waals surface area contributed by atoms with Crippen LogP contribution in [0.15, 0.2) is 5.10 Å². The number of carboxylic acid groups (broad SMARTS) is 1. The Kier molecular flexibility index (Phi) is 2.59. The van der Waals surface area contributed by atoms with Gasteiger partial charge in [-0.25, -0.2) is 5.01 Å². The number of rotatable bonds is 2. The number of carboxylic acids is 1.